The standard InChI is InChI=1S/C7H4BrFINO/c8-5-1-4(9)2-6(7(5)10)11-3-12/h1-3H,(H,11,12). The molecule has 5 heteroatoms. The Labute approximate surface area is 90.8 Å². The monoisotopic (exact) mass is 343 g/mol. The molecule has 1 rings (SSSR count). The highest BCUT2D eigenvalue weighted by atomic mass is 127. The molecule has 0 saturated carbocycles. The number of nitrogens with one attached hydrogen (secondary N) is 1. The Morgan fingerprint density at radius 2 is 2.25 bits per heavy atom. The zero-order valence-electron chi connectivity index (χ0n) is 5.77. The van der Waals surface area contributed by atoms with Gasteiger partial charge in [0, 0.05) is 4.47 Å². The molecular weight excluding hydrogens is 340 g/mol. The molecule has 0 spiro atoms. The number of hydrogen-bond donors (Lipinski definition) is 1. The molecule has 0 saturated heterocycles. The van der Waals surface area contributed by atoms with Crippen LogP contribution in [0.4, 0.5) is 10.1 Å². The maximum Gasteiger partial charge on any atom is 0.211 e. The van der Waals surface area contributed by atoms with Crippen LogP contribution in [0, 0.1) is 9.39 Å². The first-order chi connectivity index (χ1) is 5.65. The molecule has 0 aliphatic carbocycles. The third-order valence-corrected chi connectivity index (χ3v) is 3.74. The molecule has 1 amide bonds. The number of anilines is 1. The van der Waals surface area contributed by atoms with Gasteiger partial charge in [0.1, 0.15) is 5.82 Å². The number of benzene rings is 1. The van der Waals surface area contributed by atoms with Gasteiger partial charge in [-0.3, -0.25) is 4.79 Å². The quantitative estimate of drug-likeness (QED) is 0.499. The van der Waals surface area contributed by atoms with E-state index in [0.717, 1.165) is 3.57 Å². The zero-order valence-corrected chi connectivity index (χ0v) is 9.52. The second-order valence-corrected chi connectivity index (χ2v) is 3.94. The fraction of sp³-hybridized carbons (Fsp3) is 0. The van der Waals surface area contributed by atoms with Crippen molar-refractivity contribution in [2.75, 3.05) is 5.32 Å². The van der Waals surface area contributed by atoms with Gasteiger partial charge in [-0.05, 0) is 50.7 Å². The van der Waals surface area contributed by atoms with E-state index < -0.39 is 0 Å². The van der Waals surface area contributed by atoms with Crippen LogP contribution in [0.3, 0.4) is 0 Å². The third-order valence-electron chi connectivity index (χ3n) is 1.21. The Hall–Kier alpha value is -0.170. The van der Waals surface area contributed by atoms with Crippen molar-refractivity contribution in [3.63, 3.8) is 0 Å². The minimum atomic E-state index is -0.383. The lowest BCUT2D eigenvalue weighted by Crippen LogP contribution is -1.97. The van der Waals surface area contributed by atoms with Crippen LogP contribution in [0.5, 0.6) is 0 Å². The smallest absolute Gasteiger partial charge is 0.211 e. The Balaban J connectivity index is 3.17. The molecule has 0 aliphatic heterocycles. The number of amides is 1. The number of rotatable bonds is 2. The summed E-state index contributed by atoms with van der Waals surface area (Å²) in [5.41, 5.74) is 0.470. The lowest BCUT2D eigenvalue weighted by Gasteiger charge is -2.04. The van der Waals surface area contributed by atoms with E-state index in [-0.39, 0.29) is 5.82 Å². The maximum atomic E-state index is 12.7. The van der Waals surface area contributed by atoms with Crippen molar-refractivity contribution in [2.24, 2.45) is 0 Å². The average Bonchev–Trinajstić information content (AvgIpc) is 2.00. The van der Waals surface area contributed by atoms with Crippen molar-refractivity contribution in [2.45, 2.75) is 0 Å². The molecule has 1 N–H and O–H groups in total. The Morgan fingerprint density at radius 1 is 1.58 bits per heavy atom. The Bertz CT molecular complexity index is 319. The summed E-state index contributed by atoms with van der Waals surface area (Å²) in [4.78, 5) is 10.1. The van der Waals surface area contributed by atoms with Gasteiger partial charge >= 0.3 is 0 Å². The van der Waals surface area contributed by atoms with Gasteiger partial charge in [-0.25, -0.2) is 4.39 Å². The van der Waals surface area contributed by atoms with Gasteiger partial charge in [-0.2, -0.15) is 0 Å². The van der Waals surface area contributed by atoms with Crippen LogP contribution in [0.1, 0.15) is 0 Å². The Kier molecular flexibility index (Phi) is 3.45. The first-order valence-corrected chi connectivity index (χ1v) is 4.87. The number of carbonyl (C=O) groups excluding carboxylic acids is 1. The van der Waals surface area contributed by atoms with Crippen LogP contribution in [-0.2, 0) is 4.79 Å². The predicted molar refractivity (Wildman–Crippen MR) is 56.5 cm³/mol. The topological polar surface area (TPSA) is 29.1 Å². The van der Waals surface area contributed by atoms with E-state index in [4.69, 9.17) is 0 Å². The van der Waals surface area contributed by atoms with Gasteiger partial charge in [0.2, 0.25) is 6.41 Å². The third kappa shape index (κ3) is 2.16. The molecule has 12 heavy (non-hydrogen) atoms. The molecule has 0 radical (unpaired) electrons. The summed E-state index contributed by atoms with van der Waals surface area (Å²) in [6.45, 7) is 0. The molecule has 64 valence electrons. The van der Waals surface area contributed by atoms with Crippen LogP contribution in [0.25, 0.3) is 0 Å². The molecule has 0 aliphatic rings. The molecule has 2 nitrogen and oxygen atoms in total. The Morgan fingerprint density at radius 3 is 2.83 bits per heavy atom. The SMILES string of the molecule is O=CNc1cc(F)cc(Br)c1I. The highest BCUT2D eigenvalue weighted by molar-refractivity contribution is 14.1. The van der Waals surface area contributed by atoms with Crippen LogP contribution in [0.15, 0.2) is 16.6 Å². The molecule has 1 aromatic carbocycles. The molecule has 0 fully saturated rings. The van der Waals surface area contributed by atoms with Crippen molar-refractivity contribution in [1.29, 1.82) is 0 Å². The lowest BCUT2D eigenvalue weighted by atomic mass is 10.3. The van der Waals surface area contributed by atoms with E-state index in [9.17, 15) is 9.18 Å². The molecule has 0 bridgehead atoms. The molecule has 1 aromatic rings. The first kappa shape index (κ1) is 9.91. The summed E-state index contributed by atoms with van der Waals surface area (Å²) in [6.07, 6.45) is 0.517. The summed E-state index contributed by atoms with van der Waals surface area (Å²) in [7, 11) is 0. The summed E-state index contributed by atoms with van der Waals surface area (Å²) >= 11 is 5.17. The fourth-order valence-electron chi connectivity index (χ4n) is 0.725. The summed E-state index contributed by atoms with van der Waals surface area (Å²) < 4.78 is 14.2. The van der Waals surface area contributed by atoms with Crippen LogP contribution >= 0.6 is 38.5 Å². The predicted octanol–water partition coefficient (Wildman–Crippen LogP) is 2.76. The molecular formula is C7H4BrFINO. The van der Waals surface area contributed by atoms with Crippen molar-refractivity contribution in [3.05, 3.63) is 26.0 Å². The van der Waals surface area contributed by atoms with E-state index in [1.54, 1.807) is 0 Å². The lowest BCUT2D eigenvalue weighted by molar-refractivity contribution is -0.105. The molecule has 0 unspecified atom stereocenters. The number of carbonyl (C=O) groups is 1. The van der Waals surface area contributed by atoms with E-state index in [2.05, 4.69) is 21.2 Å². The molecule has 0 atom stereocenters. The van der Waals surface area contributed by atoms with Gasteiger partial charge in [0.15, 0.2) is 0 Å². The van der Waals surface area contributed by atoms with Crippen LogP contribution < -0.4 is 5.32 Å². The van der Waals surface area contributed by atoms with E-state index in [1.807, 2.05) is 22.6 Å². The molecule has 0 heterocycles. The summed E-state index contributed by atoms with van der Waals surface area (Å²) in [6, 6.07) is 2.61. The van der Waals surface area contributed by atoms with Gasteiger partial charge in [0.25, 0.3) is 0 Å². The average molecular weight is 344 g/mol. The minimum absolute atomic E-state index is 0.383. The van der Waals surface area contributed by atoms with E-state index in [0.29, 0.717) is 16.6 Å². The highest BCUT2D eigenvalue weighted by Gasteiger charge is 2.05. The normalized spacial score (nSPS) is 9.58. The first-order valence-electron chi connectivity index (χ1n) is 3.00. The van der Waals surface area contributed by atoms with Crippen molar-refractivity contribution in [3.8, 4) is 0 Å². The van der Waals surface area contributed by atoms with Crippen molar-refractivity contribution >= 4 is 50.6 Å². The fourth-order valence-corrected chi connectivity index (χ4v) is 1.62. The minimum Gasteiger partial charge on any atom is -0.328 e. The van der Waals surface area contributed by atoms with Crippen LogP contribution in [0.2, 0.25) is 0 Å². The van der Waals surface area contributed by atoms with Crippen LogP contribution in [-0.4, -0.2) is 6.41 Å². The highest BCUT2D eigenvalue weighted by Crippen LogP contribution is 2.27. The second-order valence-electron chi connectivity index (χ2n) is 2.01. The van der Waals surface area contributed by atoms with E-state index >= 15 is 0 Å². The maximum absolute atomic E-state index is 12.7. The summed E-state index contributed by atoms with van der Waals surface area (Å²) in [5.74, 6) is -0.383. The summed E-state index contributed by atoms with van der Waals surface area (Å²) in [5, 5.41) is 2.40. The van der Waals surface area contributed by atoms with E-state index in [1.165, 1.54) is 12.1 Å². The van der Waals surface area contributed by atoms with Gasteiger partial charge < -0.3 is 5.32 Å². The van der Waals surface area contributed by atoms with Gasteiger partial charge in [-0.1, -0.05) is 0 Å². The van der Waals surface area contributed by atoms with Gasteiger partial charge in [-0.15, -0.1) is 0 Å². The number of hydrogen-bond acceptors (Lipinski definition) is 1. The largest absolute Gasteiger partial charge is 0.328 e. The number of halogens is 3. The van der Waals surface area contributed by atoms with Gasteiger partial charge in [0.05, 0.1) is 9.26 Å². The van der Waals surface area contributed by atoms with Crippen molar-refractivity contribution in [1.82, 2.24) is 0 Å². The second kappa shape index (κ2) is 4.18. The van der Waals surface area contributed by atoms with Crippen molar-refractivity contribution < 1.29 is 9.18 Å². The molecule has 0 aromatic heterocycles. The zero-order chi connectivity index (χ0) is 9.14.